The van der Waals surface area contributed by atoms with Crippen LogP contribution in [0.15, 0.2) is 75.4 Å². The van der Waals surface area contributed by atoms with Gasteiger partial charge in [0.25, 0.3) is 5.56 Å². The Balaban J connectivity index is 1.50. The second-order valence-corrected chi connectivity index (χ2v) is 6.97. The molecule has 0 aliphatic heterocycles. The molecule has 0 spiro atoms. The van der Waals surface area contributed by atoms with Crippen LogP contribution in [0.2, 0.25) is 0 Å². The van der Waals surface area contributed by atoms with Crippen molar-refractivity contribution in [2.75, 3.05) is 0 Å². The predicted octanol–water partition coefficient (Wildman–Crippen LogP) is 2.85. The van der Waals surface area contributed by atoms with Crippen molar-refractivity contribution >= 4 is 22.7 Å². The van der Waals surface area contributed by atoms with Gasteiger partial charge in [0.15, 0.2) is 5.16 Å². The van der Waals surface area contributed by atoms with E-state index in [0.717, 1.165) is 5.56 Å². The number of H-pyrrole nitrogens is 1. The van der Waals surface area contributed by atoms with E-state index in [2.05, 4.69) is 30.3 Å². The molecular formula is C19H13N7O2S. The van der Waals surface area contributed by atoms with Crippen LogP contribution in [0, 0.1) is 0 Å². The summed E-state index contributed by atoms with van der Waals surface area (Å²) >= 11 is 1.30. The number of aromatic amines is 1. The number of fused-ring (bicyclic) bond motifs is 1. The first-order valence-electron chi connectivity index (χ1n) is 8.68. The van der Waals surface area contributed by atoms with Gasteiger partial charge in [0, 0.05) is 5.56 Å². The molecule has 0 atom stereocenters. The monoisotopic (exact) mass is 403 g/mol. The molecule has 3 heterocycles. The Morgan fingerprint density at radius 3 is 2.69 bits per heavy atom. The summed E-state index contributed by atoms with van der Waals surface area (Å²) in [5.41, 5.74) is 1.24. The Hall–Kier alpha value is -3.79. The predicted molar refractivity (Wildman–Crippen MR) is 107 cm³/mol. The third-order valence-corrected chi connectivity index (χ3v) is 5.11. The molecule has 0 radical (unpaired) electrons. The number of thioether (sulfide) groups is 1. The topological polar surface area (TPSA) is 115 Å². The van der Waals surface area contributed by atoms with Crippen LogP contribution in [-0.2, 0) is 5.75 Å². The van der Waals surface area contributed by atoms with Gasteiger partial charge < -0.3 is 4.52 Å². The molecule has 2 aromatic carbocycles. The zero-order valence-corrected chi connectivity index (χ0v) is 15.7. The van der Waals surface area contributed by atoms with Crippen molar-refractivity contribution in [3.63, 3.8) is 0 Å². The molecule has 0 amide bonds. The maximum atomic E-state index is 13.0. The molecule has 0 fully saturated rings. The number of hydrogen-bond acceptors (Lipinski definition) is 8. The second kappa shape index (κ2) is 7.32. The average molecular weight is 403 g/mol. The Morgan fingerprint density at radius 2 is 1.86 bits per heavy atom. The third-order valence-electron chi connectivity index (χ3n) is 4.18. The molecule has 3 aromatic heterocycles. The number of hydrogen-bond donors (Lipinski definition) is 1. The molecule has 29 heavy (non-hydrogen) atoms. The van der Waals surface area contributed by atoms with Crippen molar-refractivity contribution in [1.29, 1.82) is 0 Å². The summed E-state index contributed by atoms with van der Waals surface area (Å²) in [5.74, 6) is 1.59. The van der Waals surface area contributed by atoms with Crippen LogP contribution in [0.1, 0.15) is 5.89 Å². The summed E-state index contributed by atoms with van der Waals surface area (Å²) in [6, 6.07) is 16.7. The van der Waals surface area contributed by atoms with Crippen molar-refractivity contribution in [2.24, 2.45) is 0 Å². The van der Waals surface area contributed by atoms with Crippen LogP contribution in [0.5, 0.6) is 0 Å². The van der Waals surface area contributed by atoms with E-state index in [-0.39, 0.29) is 5.56 Å². The largest absolute Gasteiger partial charge is 0.338 e. The van der Waals surface area contributed by atoms with Gasteiger partial charge in [-0.1, -0.05) is 59.4 Å². The van der Waals surface area contributed by atoms with Crippen molar-refractivity contribution in [3.05, 3.63) is 77.2 Å². The van der Waals surface area contributed by atoms with Crippen LogP contribution < -0.4 is 5.56 Å². The molecule has 5 rings (SSSR count). The van der Waals surface area contributed by atoms with E-state index in [1.807, 2.05) is 36.4 Å². The van der Waals surface area contributed by atoms with E-state index in [0.29, 0.717) is 39.5 Å². The summed E-state index contributed by atoms with van der Waals surface area (Å²) in [4.78, 5) is 26.2. The highest BCUT2D eigenvalue weighted by Gasteiger charge is 2.17. The number of benzene rings is 2. The molecule has 0 aliphatic carbocycles. The summed E-state index contributed by atoms with van der Waals surface area (Å²) in [7, 11) is 0. The zero-order chi connectivity index (χ0) is 19.6. The molecule has 0 saturated heterocycles. The Kier molecular flexibility index (Phi) is 4.37. The molecule has 1 N–H and O–H groups in total. The minimum atomic E-state index is -0.231. The quantitative estimate of drug-likeness (QED) is 0.352. The van der Waals surface area contributed by atoms with E-state index >= 15 is 0 Å². The lowest BCUT2D eigenvalue weighted by molar-refractivity contribution is 0.391. The highest BCUT2D eigenvalue weighted by Crippen LogP contribution is 2.24. The SMILES string of the molecule is O=c1c2ccccc2nc(SCc2nc(-c3ccccc3)no2)n1-c1ncn[nH]1. The van der Waals surface area contributed by atoms with Crippen LogP contribution >= 0.6 is 11.8 Å². The number of para-hydroxylation sites is 1. The molecule has 0 bridgehead atoms. The summed E-state index contributed by atoms with van der Waals surface area (Å²) in [6.07, 6.45) is 1.34. The minimum absolute atomic E-state index is 0.231. The lowest BCUT2D eigenvalue weighted by atomic mass is 10.2. The molecule has 142 valence electrons. The van der Waals surface area contributed by atoms with Crippen molar-refractivity contribution in [2.45, 2.75) is 10.9 Å². The van der Waals surface area contributed by atoms with Crippen LogP contribution in [0.4, 0.5) is 0 Å². The van der Waals surface area contributed by atoms with Gasteiger partial charge in [-0.25, -0.2) is 14.6 Å². The molecular weight excluding hydrogens is 390 g/mol. The van der Waals surface area contributed by atoms with Gasteiger partial charge in [0.1, 0.15) is 6.33 Å². The van der Waals surface area contributed by atoms with E-state index in [9.17, 15) is 4.79 Å². The zero-order valence-electron chi connectivity index (χ0n) is 14.9. The van der Waals surface area contributed by atoms with Gasteiger partial charge in [-0.3, -0.25) is 4.79 Å². The highest BCUT2D eigenvalue weighted by atomic mass is 32.2. The number of aromatic nitrogens is 7. The van der Waals surface area contributed by atoms with Crippen LogP contribution in [0.25, 0.3) is 28.2 Å². The number of nitrogens with zero attached hydrogens (tertiary/aromatic N) is 6. The van der Waals surface area contributed by atoms with Crippen molar-refractivity contribution in [1.82, 2.24) is 34.9 Å². The van der Waals surface area contributed by atoms with E-state index in [4.69, 9.17) is 4.52 Å². The van der Waals surface area contributed by atoms with Crippen molar-refractivity contribution < 1.29 is 4.52 Å². The Bertz CT molecular complexity index is 1330. The minimum Gasteiger partial charge on any atom is -0.338 e. The lowest BCUT2D eigenvalue weighted by Gasteiger charge is -2.09. The maximum Gasteiger partial charge on any atom is 0.269 e. The van der Waals surface area contributed by atoms with Gasteiger partial charge in [-0.15, -0.1) is 0 Å². The van der Waals surface area contributed by atoms with Gasteiger partial charge in [-0.05, 0) is 12.1 Å². The molecule has 9 nitrogen and oxygen atoms in total. The standard InChI is InChI=1S/C19H13N7O2S/c27-17-13-8-4-5-9-14(13)22-19(26(17)18-20-11-21-24-18)29-10-15-23-16(25-28-15)12-6-2-1-3-7-12/h1-9,11H,10H2,(H,20,21,24). The Morgan fingerprint density at radius 1 is 1.03 bits per heavy atom. The molecule has 0 aliphatic rings. The average Bonchev–Trinajstić information content (AvgIpc) is 3.45. The lowest BCUT2D eigenvalue weighted by Crippen LogP contribution is -2.22. The van der Waals surface area contributed by atoms with Gasteiger partial charge in [0.2, 0.25) is 17.7 Å². The summed E-state index contributed by atoms with van der Waals surface area (Å²) in [6.45, 7) is 0. The smallest absolute Gasteiger partial charge is 0.269 e. The highest BCUT2D eigenvalue weighted by molar-refractivity contribution is 7.98. The number of nitrogens with one attached hydrogen (secondary N) is 1. The van der Waals surface area contributed by atoms with Crippen LogP contribution in [-0.4, -0.2) is 34.9 Å². The fraction of sp³-hybridized carbons (Fsp3) is 0.0526. The molecule has 0 saturated carbocycles. The first kappa shape index (κ1) is 17.3. The molecule has 10 heteroatoms. The van der Waals surface area contributed by atoms with E-state index < -0.39 is 0 Å². The van der Waals surface area contributed by atoms with Gasteiger partial charge in [0.05, 0.1) is 16.7 Å². The molecule has 0 unspecified atom stereocenters. The van der Waals surface area contributed by atoms with Gasteiger partial charge >= 0.3 is 0 Å². The van der Waals surface area contributed by atoms with Gasteiger partial charge in [-0.2, -0.15) is 15.1 Å². The maximum absolute atomic E-state index is 13.0. The fourth-order valence-corrected chi connectivity index (χ4v) is 3.68. The normalized spacial score (nSPS) is 11.2. The van der Waals surface area contributed by atoms with Crippen molar-refractivity contribution in [3.8, 4) is 17.3 Å². The van der Waals surface area contributed by atoms with Crippen LogP contribution in [0.3, 0.4) is 0 Å². The second-order valence-electron chi connectivity index (χ2n) is 6.03. The number of rotatable bonds is 5. The van der Waals surface area contributed by atoms with E-state index in [1.54, 1.807) is 18.2 Å². The molecule has 5 aromatic rings. The third kappa shape index (κ3) is 3.29. The first-order chi connectivity index (χ1) is 14.3. The fourth-order valence-electron chi connectivity index (χ4n) is 2.85. The van der Waals surface area contributed by atoms with E-state index in [1.165, 1.54) is 22.7 Å². The summed E-state index contributed by atoms with van der Waals surface area (Å²) in [5, 5.41) is 11.5. The Labute approximate surface area is 167 Å². The first-order valence-corrected chi connectivity index (χ1v) is 9.66. The summed E-state index contributed by atoms with van der Waals surface area (Å²) < 4.78 is 6.75.